The number of aromatic nitrogens is 1. The number of ether oxygens (including phenoxy) is 3. The number of nitrogens with zero attached hydrogens (tertiary/aromatic N) is 1. The first kappa shape index (κ1) is 22.8. The van der Waals surface area contributed by atoms with Crippen LogP contribution in [-0.4, -0.2) is 37.3 Å². The minimum absolute atomic E-state index is 0.246. The maximum Gasteiger partial charge on any atom is 0.271 e. The summed E-state index contributed by atoms with van der Waals surface area (Å²) in [5.41, 5.74) is 8.59. The number of nitrogens with one attached hydrogen (secondary N) is 3. The molecule has 0 aliphatic heterocycles. The van der Waals surface area contributed by atoms with E-state index in [9.17, 15) is 4.79 Å². The number of aryl methyl sites for hydroxylation is 1. The maximum absolute atomic E-state index is 12.6. The van der Waals surface area contributed by atoms with Crippen LogP contribution >= 0.6 is 12.2 Å². The van der Waals surface area contributed by atoms with Gasteiger partial charge in [0.05, 0.1) is 38.3 Å². The molecule has 0 bridgehead atoms. The molecule has 1 aromatic heterocycles. The number of pyridine rings is 1. The second-order valence-electron chi connectivity index (χ2n) is 6.66. The summed E-state index contributed by atoms with van der Waals surface area (Å²) in [6, 6.07) is 16.3. The Kier molecular flexibility index (Phi) is 7.45. The molecule has 0 spiro atoms. The number of carbonyl (C=O) groups is 1. The summed E-state index contributed by atoms with van der Waals surface area (Å²) in [5.74, 6) is 1.62. The average Bonchev–Trinajstić information content (AvgIpc) is 2.82. The molecule has 166 valence electrons. The SMILES string of the molecule is COc1ccc(NC(=S)NNC(=O)c2ccc(-c3ccc(OC)c(OC)c3)nc2C)cc1. The molecule has 0 saturated heterocycles. The Balaban J connectivity index is 1.64. The molecule has 9 heteroatoms. The third-order valence-corrected chi connectivity index (χ3v) is 4.85. The van der Waals surface area contributed by atoms with Crippen molar-refractivity contribution in [2.45, 2.75) is 6.92 Å². The summed E-state index contributed by atoms with van der Waals surface area (Å²) < 4.78 is 15.7. The van der Waals surface area contributed by atoms with Crippen LogP contribution in [0.15, 0.2) is 54.6 Å². The number of rotatable bonds is 6. The fraction of sp³-hybridized carbons (Fsp3) is 0.174. The van der Waals surface area contributed by atoms with Crippen LogP contribution in [0.1, 0.15) is 16.1 Å². The van der Waals surface area contributed by atoms with Gasteiger partial charge in [0.1, 0.15) is 5.75 Å². The molecule has 0 aliphatic rings. The Morgan fingerprint density at radius 2 is 1.59 bits per heavy atom. The number of hydrogen-bond donors (Lipinski definition) is 3. The van der Waals surface area contributed by atoms with Gasteiger partial charge in [0, 0.05) is 11.3 Å². The predicted octanol–water partition coefficient (Wildman–Crippen LogP) is 3.71. The number of anilines is 1. The zero-order valence-corrected chi connectivity index (χ0v) is 19.0. The molecule has 0 aliphatic carbocycles. The van der Waals surface area contributed by atoms with E-state index in [1.54, 1.807) is 52.5 Å². The van der Waals surface area contributed by atoms with Gasteiger partial charge in [-0.1, -0.05) is 0 Å². The van der Waals surface area contributed by atoms with Crippen molar-refractivity contribution in [1.29, 1.82) is 0 Å². The second-order valence-corrected chi connectivity index (χ2v) is 7.07. The fourth-order valence-corrected chi connectivity index (χ4v) is 3.14. The lowest BCUT2D eigenvalue weighted by Gasteiger charge is -2.13. The highest BCUT2D eigenvalue weighted by Crippen LogP contribution is 2.31. The number of thiocarbonyl (C=S) groups is 1. The van der Waals surface area contributed by atoms with Crippen molar-refractivity contribution in [2.24, 2.45) is 0 Å². The van der Waals surface area contributed by atoms with Crippen molar-refractivity contribution in [3.05, 3.63) is 65.9 Å². The Morgan fingerprint density at radius 1 is 0.875 bits per heavy atom. The molecule has 3 N–H and O–H groups in total. The lowest BCUT2D eigenvalue weighted by molar-refractivity contribution is 0.0943. The lowest BCUT2D eigenvalue weighted by atomic mass is 10.1. The van der Waals surface area contributed by atoms with Crippen molar-refractivity contribution < 1.29 is 19.0 Å². The van der Waals surface area contributed by atoms with Gasteiger partial charge in [-0.25, -0.2) is 0 Å². The van der Waals surface area contributed by atoms with Crippen LogP contribution in [0.2, 0.25) is 0 Å². The van der Waals surface area contributed by atoms with Crippen molar-refractivity contribution in [2.75, 3.05) is 26.6 Å². The molecule has 3 aromatic rings. The van der Waals surface area contributed by atoms with E-state index in [2.05, 4.69) is 21.2 Å². The molecular formula is C23H24N4O4S. The van der Waals surface area contributed by atoms with E-state index in [1.165, 1.54) is 0 Å². The Morgan fingerprint density at radius 3 is 2.22 bits per heavy atom. The van der Waals surface area contributed by atoms with Crippen molar-refractivity contribution >= 4 is 28.9 Å². The molecule has 8 nitrogen and oxygen atoms in total. The van der Waals surface area contributed by atoms with Crippen LogP contribution in [0.3, 0.4) is 0 Å². The van der Waals surface area contributed by atoms with E-state index in [4.69, 9.17) is 26.4 Å². The van der Waals surface area contributed by atoms with Gasteiger partial charge in [-0.05, 0) is 73.7 Å². The molecule has 0 unspecified atom stereocenters. The zero-order valence-electron chi connectivity index (χ0n) is 18.2. The quantitative estimate of drug-likeness (QED) is 0.385. The molecule has 0 atom stereocenters. The Bertz CT molecular complexity index is 1120. The first-order valence-electron chi connectivity index (χ1n) is 9.66. The van der Waals surface area contributed by atoms with Gasteiger partial charge in [-0.3, -0.25) is 20.6 Å². The topological polar surface area (TPSA) is 93.7 Å². The van der Waals surface area contributed by atoms with E-state index in [0.29, 0.717) is 28.5 Å². The van der Waals surface area contributed by atoms with Crippen LogP contribution in [0.5, 0.6) is 17.2 Å². The van der Waals surface area contributed by atoms with Gasteiger partial charge in [-0.2, -0.15) is 0 Å². The molecule has 0 radical (unpaired) electrons. The van der Waals surface area contributed by atoms with Crippen molar-refractivity contribution in [3.63, 3.8) is 0 Å². The van der Waals surface area contributed by atoms with E-state index in [0.717, 1.165) is 17.0 Å². The molecule has 0 fully saturated rings. The summed E-state index contributed by atoms with van der Waals surface area (Å²) in [5, 5.41) is 3.22. The number of hydrazine groups is 1. The van der Waals surface area contributed by atoms with Gasteiger partial charge >= 0.3 is 0 Å². The monoisotopic (exact) mass is 452 g/mol. The molecule has 2 aromatic carbocycles. The highest BCUT2D eigenvalue weighted by atomic mass is 32.1. The molecule has 1 heterocycles. The molecule has 32 heavy (non-hydrogen) atoms. The van der Waals surface area contributed by atoms with E-state index in [-0.39, 0.29) is 11.0 Å². The standard InChI is InChI=1S/C23H24N4O4S/c1-14-18(10-11-19(24-14)15-5-12-20(30-3)21(13-15)31-4)22(28)26-27-23(32)25-16-6-8-17(29-2)9-7-16/h5-13H,1-4H3,(H,26,28)(H2,25,27,32). The number of hydrogen-bond acceptors (Lipinski definition) is 6. The smallest absolute Gasteiger partial charge is 0.271 e. The van der Waals surface area contributed by atoms with Crippen LogP contribution in [0.4, 0.5) is 5.69 Å². The zero-order chi connectivity index (χ0) is 23.1. The van der Waals surface area contributed by atoms with Gasteiger partial charge < -0.3 is 19.5 Å². The van der Waals surface area contributed by atoms with Gasteiger partial charge in [0.25, 0.3) is 5.91 Å². The Labute approximate surface area is 191 Å². The fourth-order valence-electron chi connectivity index (χ4n) is 2.97. The summed E-state index contributed by atoms with van der Waals surface area (Å²) in [6.45, 7) is 1.77. The number of methoxy groups -OCH3 is 3. The van der Waals surface area contributed by atoms with Crippen LogP contribution in [0, 0.1) is 6.92 Å². The van der Waals surface area contributed by atoms with Gasteiger partial charge in [0.15, 0.2) is 16.6 Å². The molecule has 0 saturated carbocycles. The lowest BCUT2D eigenvalue weighted by Crippen LogP contribution is -2.44. The largest absolute Gasteiger partial charge is 0.497 e. The van der Waals surface area contributed by atoms with Gasteiger partial charge in [-0.15, -0.1) is 0 Å². The first-order valence-corrected chi connectivity index (χ1v) is 10.1. The van der Waals surface area contributed by atoms with Crippen molar-refractivity contribution in [3.8, 4) is 28.5 Å². The first-order chi connectivity index (χ1) is 15.4. The maximum atomic E-state index is 12.6. The van der Waals surface area contributed by atoms with Crippen LogP contribution in [0.25, 0.3) is 11.3 Å². The van der Waals surface area contributed by atoms with E-state index in [1.807, 2.05) is 30.3 Å². The van der Waals surface area contributed by atoms with Crippen LogP contribution in [-0.2, 0) is 0 Å². The normalized spacial score (nSPS) is 10.1. The summed E-state index contributed by atoms with van der Waals surface area (Å²) >= 11 is 5.22. The average molecular weight is 453 g/mol. The third kappa shape index (κ3) is 5.44. The highest BCUT2D eigenvalue weighted by molar-refractivity contribution is 7.80. The molecule has 3 rings (SSSR count). The van der Waals surface area contributed by atoms with Gasteiger partial charge in [0.2, 0.25) is 0 Å². The van der Waals surface area contributed by atoms with E-state index < -0.39 is 0 Å². The summed E-state index contributed by atoms with van der Waals surface area (Å²) in [4.78, 5) is 17.1. The Hall–Kier alpha value is -3.85. The molecular weight excluding hydrogens is 428 g/mol. The molecule has 1 amide bonds. The number of amides is 1. The number of benzene rings is 2. The summed E-state index contributed by atoms with van der Waals surface area (Å²) in [7, 11) is 4.76. The van der Waals surface area contributed by atoms with Crippen LogP contribution < -0.4 is 30.4 Å². The predicted molar refractivity (Wildman–Crippen MR) is 127 cm³/mol. The number of carbonyl (C=O) groups excluding carboxylic acids is 1. The van der Waals surface area contributed by atoms with Crippen molar-refractivity contribution in [1.82, 2.24) is 15.8 Å². The third-order valence-electron chi connectivity index (χ3n) is 4.65. The summed E-state index contributed by atoms with van der Waals surface area (Å²) in [6.07, 6.45) is 0. The minimum atomic E-state index is -0.354. The second kappa shape index (κ2) is 10.5. The van der Waals surface area contributed by atoms with E-state index >= 15 is 0 Å². The highest BCUT2D eigenvalue weighted by Gasteiger charge is 2.13. The minimum Gasteiger partial charge on any atom is -0.497 e.